The standard InChI is InChI=1S/C14H15NO/c1-15-10-9-14(16)13-8-4-6-11-5-2-3-7-12(11)13/h2-8,15H,9-10H2,1H3. The van der Waals surface area contributed by atoms with Gasteiger partial charge in [0, 0.05) is 18.5 Å². The van der Waals surface area contributed by atoms with E-state index in [2.05, 4.69) is 5.32 Å². The van der Waals surface area contributed by atoms with E-state index in [1.54, 1.807) is 0 Å². The van der Waals surface area contributed by atoms with Gasteiger partial charge in [-0.3, -0.25) is 4.79 Å². The van der Waals surface area contributed by atoms with Crippen molar-refractivity contribution in [2.45, 2.75) is 6.42 Å². The highest BCUT2D eigenvalue weighted by molar-refractivity contribution is 6.08. The molecule has 0 heterocycles. The van der Waals surface area contributed by atoms with Crippen LogP contribution >= 0.6 is 0 Å². The number of fused-ring (bicyclic) bond motifs is 1. The van der Waals surface area contributed by atoms with Crippen LogP contribution in [0.25, 0.3) is 10.8 Å². The summed E-state index contributed by atoms with van der Waals surface area (Å²) in [6, 6.07) is 13.9. The topological polar surface area (TPSA) is 29.1 Å². The first-order chi connectivity index (χ1) is 7.83. The summed E-state index contributed by atoms with van der Waals surface area (Å²) >= 11 is 0. The van der Waals surface area contributed by atoms with Gasteiger partial charge in [-0.25, -0.2) is 0 Å². The lowest BCUT2D eigenvalue weighted by Crippen LogP contribution is -2.13. The zero-order valence-electron chi connectivity index (χ0n) is 9.36. The number of rotatable bonds is 4. The molecule has 2 rings (SSSR count). The van der Waals surface area contributed by atoms with Crippen LogP contribution < -0.4 is 5.32 Å². The second kappa shape index (κ2) is 4.90. The molecule has 0 aromatic heterocycles. The van der Waals surface area contributed by atoms with E-state index in [4.69, 9.17) is 0 Å². The number of nitrogens with one attached hydrogen (secondary N) is 1. The smallest absolute Gasteiger partial charge is 0.164 e. The van der Waals surface area contributed by atoms with E-state index in [9.17, 15) is 4.79 Å². The molecule has 0 saturated carbocycles. The van der Waals surface area contributed by atoms with Crippen LogP contribution in [0.5, 0.6) is 0 Å². The molecular weight excluding hydrogens is 198 g/mol. The van der Waals surface area contributed by atoms with Gasteiger partial charge >= 0.3 is 0 Å². The first-order valence-corrected chi connectivity index (χ1v) is 5.48. The average molecular weight is 213 g/mol. The Balaban J connectivity index is 2.40. The van der Waals surface area contributed by atoms with Crippen molar-refractivity contribution in [1.82, 2.24) is 5.32 Å². The van der Waals surface area contributed by atoms with E-state index in [1.807, 2.05) is 49.5 Å². The van der Waals surface area contributed by atoms with Gasteiger partial charge in [0.1, 0.15) is 0 Å². The van der Waals surface area contributed by atoms with E-state index >= 15 is 0 Å². The normalized spacial score (nSPS) is 10.6. The monoisotopic (exact) mass is 213 g/mol. The van der Waals surface area contributed by atoms with Gasteiger partial charge in [-0.05, 0) is 17.8 Å². The predicted octanol–water partition coefficient (Wildman–Crippen LogP) is 2.63. The molecule has 0 aliphatic rings. The highest BCUT2D eigenvalue weighted by Crippen LogP contribution is 2.19. The molecule has 0 radical (unpaired) electrons. The minimum absolute atomic E-state index is 0.200. The van der Waals surface area contributed by atoms with Crippen LogP contribution in [-0.4, -0.2) is 19.4 Å². The van der Waals surface area contributed by atoms with Crippen molar-refractivity contribution < 1.29 is 4.79 Å². The molecule has 2 aromatic rings. The summed E-state index contributed by atoms with van der Waals surface area (Å²) in [4.78, 5) is 12.0. The highest BCUT2D eigenvalue weighted by atomic mass is 16.1. The van der Waals surface area contributed by atoms with Gasteiger partial charge in [0.2, 0.25) is 0 Å². The van der Waals surface area contributed by atoms with Crippen LogP contribution in [0.3, 0.4) is 0 Å². The maximum atomic E-state index is 12.0. The van der Waals surface area contributed by atoms with E-state index in [1.165, 1.54) is 0 Å². The van der Waals surface area contributed by atoms with E-state index < -0.39 is 0 Å². The number of benzene rings is 2. The van der Waals surface area contributed by atoms with E-state index in [0.717, 1.165) is 22.9 Å². The minimum atomic E-state index is 0.200. The van der Waals surface area contributed by atoms with Crippen LogP contribution in [0.1, 0.15) is 16.8 Å². The van der Waals surface area contributed by atoms with Crippen LogP contribution in [0, 0.1) is 0 Å². The average Bonchev–Trinajstić information content (AvgIpc) is 2.35. The third-order valence-electron chi connectivity index (χ3n) is 2.69. The summed E-state index contributed by atoms with van der Waals surface area (Å²) in [5.74, 6) is 0.200. The Morgan fingerprint density at radius 3 is 2.69 bits per heavy atom. The molecule has 0 saturated heterocycles. The van der Waals surface area contributed by atoms with Gasteiger partial charge in [-0.15, -0.1) is 0 Å². The van der Waals surface area contributed by atoms with Crippen LogP contribution in [0.2, 0.25) is 0 Å². The Hall–Kier alpha value is -1.67. The Morgan fingerprint density at radius 1 is 1.12 bits per heavy atom. The van der Waals surface area contributed by atoms with Gasteiger partial charge in [-0.2, -0.15) is 0 Å². The molecule has 0 aliphatic heterocycles. The fraction of sp³-hybridized carbons (Fsp3) is 0.214. The number of Topliss-reactive ketones (excluding diaryl/α,β-unsaturated/α-hetero) is 1. The number of carbonyl (C=O) groups is 1. The highest BCUT2D eigenvalue weighted by Gasteiger charge is 2.08. The van der Waals surface area contributed by atoms with E-state index in [0.29, 0.717) is 6.42 Å². The molecule has 0 spiro atoms. The quantitative estimate of drug-likeness (QED) is 0.791. The molecule has 0 atom stereocenters. The van der Waals surface area contributed by atoms with Crippen molar-refractivity contribution >= 4 is 16.6 Å². The summed E-state index contributed by atoms with van der Waals surface area (Å²) in [6.07, 6.45) is 0.546. The van der Waals surface area contributed by atoms with Gasteiger partial charge < -0.3 is 5.32 Å². The first-order valence-electron chi connectivity index (χ1n) is 5.48. The third kappa shape index (κ3) is 2.12. The van der Waals surface area contributed by atoms with Gasteiger partial charge in [-0.1, -0.05) is 42.5 Å². The Bertz CT molecular complexity index is 500. The lowest BCUT2D eigenvalue weighted by Gasteiger charge is -2.05. The number of hydrogen-bond donors (Lipinski definition) is 1. The lowest BCUT2D eigenvalue weighted by molar-refractivity contribution is 0.0985. The molecule has 1 N–H and O–H groups in total. The molecule has 0 amide bonds. The van der Waals surface area contributed by atoms with E-state index in [-0.39, 0.29) is 5.78 Å². The maximum absolute atomic E-state index is 12.0. The summed E-state index contributed by atoms with van der Waals surface area (Å²) in [6.45, 7) is 0.724. The maximum Gasteiger partial charge on any atom is 0.164 e. The number of ketones is 1. The molecule has 0 unspecified atom stereocenters. The molecule has 82 valence electrons. The SMILES string of the molecule is CNCCC(=O)c1cccc2ccccc12. The van der Waals surface area contributed by atoms with Gasteiger partial charge in [0.15, 0.2) is 5.78 Å². The lowest BCUT2D eigenvalue weighted by atomic mass is 10.00. The summed E-state index contributed by atoms with van der Waals surface area (Å²) in [5.41, 5.74) is 0.827. The van der Waals surface area contributed by atoms with Crippen molar-refractivity contribution in [3.05, 3.63) is 48.0 Å². The molecule has 16 heavy (non-hydrogen) atoms. The Kier molecular flexibility index (Phi) is 3.32. The van der Waals surface area contributed by atoms with Crippen molar-refractivity contribution in [3.8, 4) is 0 Å². The van der Waals surface area contributed by atoms with Crippen LogP contribution in [-0.2, 0) is 0 Å². The predicted molar refractivity (Wildman–Crippen MR) is 66.8 cm³/mol. The number of carbonyl (C=O) groups excluding carboxylic acids is 1. The number of hydrogen-bond acceptors (Lipinski definition) is 2. The Morgan fingerprint density at radius 2 is 1.88 bits per heavy atom. The van der Waals surface area contributed by atoms with Crippen molar-refractivity contribution in [2.24, 2.45) is 0 Å². The van der Waals surface area contributed by atoms with Crippen molar-refractivity contribution in [2.75, 3.05) is 13.6 Å². The molecule has 0 fully saturated rings. The first kappa shape index (κ1) is 10.8. The third-order valence-corrected chi connectivity index (χ3v) is 2.69. The van der Waals surface area contributed by atoms with Gasteiger partial charge in [0.05, 0.1) is 0 Å². The second-order valence-electron chi connectivity index (χ2n) is 3.80. The molecule has 2 aromatic carbocycles. The fourth-order valence-electron chi connectivity index (χ4n) is 1.84. The second-order valence-corrected chi connectivity index (χ2v) is 3.80. The van der Waals surface area contributed by atoms with Crippen LogP contribution in [0.4, 0.5) is 0 Å². The summed E-state index contributed by atoms with van der Waals surface area (Å²) < 4.78 is 0. The molecule has 2 nitrogen and oxygen atoms in total. The molecule has 2 heteroatoms. The summed E-state index contributed by atoms with van der Waals surface area (Å²) in [7, 11) is 1.86. The van der Waals surface area contributed by atoms with Gasteiger partial charge in [0.25, 0.3) is 0 Å². The fourth-order valence-corrected chi connectivity index (χ4v) is 1.84. The minimum Gasteiger partial charge on any atom is -0.319 e. The summed E-state index contributed by atoms with van der Waals surface area (Å²) in [5, 5.41) is 5.17. The largest absolute Gasteiger partial charge is 0.319 e. The van der Waals surface area contributed by atoms with Crippen molar-refractivity contribution in [1.29, 1.82) is 0 Å². The van der Waals surface area contributed by atoms with Crippen LogP contribution in [0.15, 0.2) is 42.5 Å². The molecule has 0 aliphatic carbocycles. The zero-order chi connectivity index (χ0) is 11.4. The Labute approximate surface area is 95.3 Å². The zero-order valence-corrected chi connectivity index (χ0v) is 9.36. The molecular formula is C14H15NO. The van der Waals surface area contributed by atoms with Crippen molar-refractivity contribution in [3.63, 3.8) is 0 Å². The molecule has 0 bridgehead atoms.